The molecule has 8 nitrogen and oxygen atoms in total. The van der Waals surface area contributed by atoms with Gasteiger partial charge in [0.25, 0.3) is 5.56 Å². The molecule has 1 heterocycles. The van der Waals surface area contributed by atoms with E-state index in [4.69, 9.17) is 5.73 Å². The van der Waals surface area contributed by atoms with Gasteiger partial charge in [-0.15, -0.1) is 0 Å². The maximum Gasteiger partial charge on any atom is 0.332 e. The van der Waals surface area contributed by atoms with E-state index >= 15 is 0 Å². The molecule has 0 unspecified atom stereocenters. The lowest BCUT2D eigenvalue weighted by Gasteiger charge is -2.15. The van der Waals surface area contributed by atoms with E-state index in [9.17, 15) is 14.4 Å². The molecule has 104 valence electrons. The van der Waals surface area contributed by atoms with E-state index in [0.717, 1.165) is 4.57 Å². The van der Waals surface area contributed by atoms with E-state index in [-0.39, 0.29) is 18.1 Å². The number of amides is 1. The van der Waals surface area contributed by atoms with Gasteiger partial charge in [0.05, 0.1) is 6.54 Å². The molecular formula is C11H17N5O3. The highest BCUT2D eigenvalue weighted by Gasteiger charge is 2.14. The molecule has 1 aromatic heterocycles. The summed E-state index contributed by atoms with van der Waals surface area (Å²) in [5, 5.41) is 5.45. The van der Waals surface area contributed by atoms with Gasteiger partial charge in [0.2, 0.25) is 5.91 Å². The van der Waals surface area contributed by atoms with Crippen LogP contribution in [0.4, 0.5) is 11.5 Å². The number of carbonyl (C=O) groups is 1. The van der Waals surface area contributed by atoms with Crippen molar-refractivity contribution in [3.05, 3.63) is 33.1 Å². The van der Waals surface area contributed by atoms with Crippen LogP contribution in [0.25, 0.3) is 0 Å². The summed E-state index contributed by atoms with van der Waals surface area (Å²) in [5.74, 6) is -0.333. The lowest BCUT2D eigenvalue weighted by Crippen LogP contribution is -2.40. The van der Waals surface area contributed by atoms with Gasteiger partial charge < -0.3 is 16.4 Å². The van der Waals surface area contributed by atoms with E-state index in [1.807, 2.05) is 0 Å². The number of anilines is 2. The minimum absolute atomic E-state index is 0.113. The summed E-state index contributed by atoms with van der Waals surface area (Å²) in [6.07, 6.45) is 3.28. The van der Waals surface area contributed by atoms with E-state index < -0.39 is 17.2 Å². The second kappa shape index (κ2) is 5.89. The Morgan fingerprint density at radius 2 is 1.95 bits per heavy atom. The zero-order chi connectivity index (χ0) is 14.6. The number of hydrogen-bond acceptors (Lipinski definition) is 5. The highest BCUT2D eigenvalue weighted by atomic mass is 16.2. The molecule has 0 fully saturated rings. The summed E-state index contributed by atoms with van der Waals surface area (Å²) in [4.78, 5) is 34.6. The summed E-state index contributed by atoms with van der Waals surface area (Å²) in [6, 6.07) is 0. The Morgan fingerprint density at radius 3 is 2.47 bits per heavy atom. The zero-order valence-electron chi connectivity index (χ0n) is 11.1. The Bertz CT molecular complexity index is 626. The third-order valence-corrected chi connectivity index (χ3v) is 2.49. The number of nitrogens with two attached hydrogens (primary N) is 1. The number of primary amides is 1. The normalized spacial score (nSPS) is 10.7. The lowest BCUT2D eigenvalue weighted by molar-refractivity contribution is -0.116. The highest BCUT2D eigenvalue weighted by Crippen LogP contribution is 2.13. The number of nitrogens with one attached hydrogen (secondary N) is 2. The van der Waals surface area contributed by atoms with Gasteiger partial charge in [-0.3, -0.25) is 18.7 Å². The van der Waals surface area contributed by atoms with Crippen LogP contribution in [0.2, 0.25) is 0 Å². The Balaban J connectivity index is 3.43. The predicted octanol–water partition coefficient (Wildman–Crippen LogP) is -1.07. The standard InChI is InChI=1S/C11H17N5O3/c1-4-5-13-9-8(14-6-7(12)17)10(18)16(3)11(19)15(9)2/h4-5,13-14H,6H2,1-3H3,(H2,12,17)/b5-4-. The molecule has 1 aromatic rings. The molecule has 0 aromatic carbocycles. The van der Waals surface area contributed by atoms with Crippen LogP contribution in [-0.2, 0) is 18.9 Å². The summed E-state index contributed by atoms with van der Waals surface area (Å²) >= 11 is 0. The van der Waals surface area contributed by atoms with Crippen molar-refractivity contribution >= 4 is 17.4 Å². The average Bonchev–Trinajstić information content (AvgIpc) is 2.37. The van der Waals surface area contributed by atoms with Gasteiger partial charge in [0.1, 0.15) is 11.5 Å². The minimum atomic E-state index is -0.604. The number of allylic oxidation sites excluding steroid dienone is 1. The molecule has 0 aliphatic heterocycles. The van der Waals surface area contributed by atoms with Gasteiger partial charge in [0, 0.05) is 14.1 Å². The molecule has 0 saturated carbocycles. The molecule has 0 atom stereocenters. The van der Waals surface area contributed by atoms with Gasteiger partial charge in [-0.25, -0.2) is 4.79 Å². The van der Waals surface area contributed by atoms with Crippen LogP contribution in [0, 0.1) is 0 Å². The first-order chi connectivity index (χ1) is 8.90. The molecule has 0 radical (unpaired) electrons. The monoisotopic (exact) mass is 267 g/mol. The number of rotatable bonds is 5. The van der Waals surface area contributed by atoms with E-state index in [1.54, 1.807) is 19.2 Å². The summed E-state index contributed by atoms with van der Waals surface area (Å²) in [5.41, 5.74) is 4.14. The van der Waals surface area contributed by atoms with E-state index in [0.29, 0.717) is 0 Å². The largest absolute Gasteiger partial charge is 0.369 e. The van der Waals surface area contributed by atoms with Crippen LogP contribution in [0.15, 0.2) is 21.9 Å². The minimum Gasteiger partial charge on any atom is -0.369 e. The smallest absolute Gasteiger partial charge is 0.332 e. The molecular weight excluding hydrogens is 250 g/mol. The fourth-order valence-corrected chi connectivity index (χ4v) is 1.51. The second-order valence-corrected chi connectivity index (χ2v) is 3.89. The molecule has 0 bridgehead atoms. The first-order valence-electron chi connectivity index (χ1n) is 5.60. The molecule has 1 rings (SSSR count). The predicted molar refractivity (Wildman–Crippen MR) is 73.0 cm³/mol. The Morgan fingerprint density at radius 1 is 1.32 bits per heavy atom. The Labute approximate surface area is 109 Å². The first kappa shape index (κ1) is 14.6. The highest BCUT2D eigenvalue weighted by molar-refractivity contribution is 5.80. The Hall–Kier alpha value is -2.51. The van der Waals surface area contributed by atoms with Crippen molar-refractivity contribution in [1.29, 1.82) is 0 Å². The van der Waals surface area contributed by atoms with Crippen LogP contribution in [-0.4, -0.2) is 21.6 Å². The van der Waals surface area contributed by atoms with E-state index in [2.05, 4.69) is 10.6 Å². The van der Waals surface area contributed by atoms with Crippen LogP contribution in [0.3, 0.4) is 0 Å². The van der Waals surface area contributed by atoms with Gasteiger partial charge in [0.15, 0.2) is 0 Å². The summed E-state index contributed by atoms with van der Waals surface area (Å²) in [7, 11) is 2.88. The molecule has 0 saturated heterocycles. The third-order valence-electron chi connectivity index (χ3n) is 2.49. The van der Waals surface area contributed by atoms with Crippen molar-refractivity contribution in [1.82, 2.24) is 9.13 Å². The van der Waals surface area contributed by atoms with Crippen molar-refractivity contribution in [2.45, 2.75) is 6.92 Å². The summed E-state index contributed by atoms with van der Waals surface area (Å²) in [6.45, 7) is 1.58. The van der Waals surface area contributed by atoms with Gasteiger partial charge in [-0.05, 0) is 13.1 Å². The summed E-state index contributed by atoms with van der Waals surface area (Å²) < 4.78 is 2.22. The zero-order valence-corrected chi connectivity index (χ0v) is 11.1. The van der Waals surface area contributed by atoms with Gasteiger partial charge in [-0.1, -0.05) is 6.08 Å². The number of carbonyl (C=O) groups excluding carboxylic acids is 1. The maximum atomic E-state index is 12.0. The van der Waals surface area contributed by atoms with Crippen molar-refractivity contribution in [3.63, 3.8) is 0 Å². The SMILES string of the molecule is C/C=C\Nc1c(NCC(N)=O)c(=O)n(C)c(=O)n1C. The molecule has 0 aliphatic rings. The maximum absolute atomic E-state index is 12.0. The van der Waals surface area contributed by atoms with Crippen molar-refractivity contribution in [2.75, 3.05) is 17.2 Å². The second-order valence-electron chi connectivity index (χ2n) is 3.89. The van der Waals surface area contributed by atoms with Crippen LogP contribution in [0.5, 0.6) is 0 Å². The van der Waals surface area contributed by atoms with Crippen molar-refractivity contribution in [2.24, 2.45) is 19.8 Å². The molecule has 8 heteroatoms. The van der Waals surface area contributed by atoms with Gasteiger partial charge >= 0.3 is 5.69 Å². The number of hydrogen-bond donors (Lipinski definition) is 3. The van der Waals surface area contributed by atoms with Crippen LogP contribution in [0.1, 0.15) is 6.92 Å². The van der Waals surface area contributed by atoms with Crippen molar-refractivity contribution in [3.8, 4) is 0 Å². The number of aromatic nitrogens is 2. The molecule has 1 amide bonds. The van der Waals surface area contributed by atoms with Crippen LogP contribution >= 0.6 is 0 Å². The van der Waals surface area contributed by atoms with Gasteiger partial charge in [-0.2, -0.15) is 0 Å². The average molecular weight is 267 g/mol. The number of nitrogens with zero attached hydrogens (tertiary/aromatic N) is 2. The van der Waals surface area contributed by atoms with E-state index in [1.165, 1.54) is 18.7 Å². The third kappa shape index (κ3) is 3.03. The molecule has 0 aliphatic carbocycles. The molecule has 19 heavy (non-hydrogen) atoms. The quantitative estimate of drug-likeness (QED) is 0.629. The van der Waals surface area contributed by atoms with Crippen LogP contribution < -0.4 is 27.6 Å². The fourth-order valence-electron chi connectivity index (χ4n) is 1.51. The fraction of sp³-hybridized carbons (Fsp3) is 0.364. The molecule has 4 N–H and O–H groups in total. The lowest BCUT2D eigenvalue weighted by atomic mass is 10.4. The first-order valence-corrected chi connectivity index (χ1v) is 5.60. The topological polar surface area (TPSA) is 111 Å². The molecule has 0 spiro atoms. The van der Waals surface area contributed by atoms with Crippen molar-refractivity contribution < 1.29 is 4.79 Å². The Kier molecular flexibility index (Phi) is 4.51.